The number of nitrogens with zero attached hydrogens (tertiary/aromatic N) is 1. The Morgan fingerprint density at radius 2 is 2.12 bits per heavy atom. The van der Waals surface area contributed by atoms with E-state index in [1.807, 2.05) is 31.2 Å². The fraction of sp³-hybridized carbons (Fsp3) is 0.333. The van der Waals surface area contributed by atoms with Gasteiger partial charge in [0.05, 0.1) is 30.0 Å². The number of hydrogen-bond donors (Lipinski definition) is 2. The van der Waals surface area contributed by atoms with Gasteiger partial charge in [0, 0.05) is 29.6 Å². The molecule has 1 aromatic heterocycles. The molecule has 1 aliphatic heterocycles. The number of nitrogens with one attached hydrogen (secondary N) is 2. The number of benzene rings is 2. The van der Waals surface area contributed by atoms with Crippen molar-refractivity contribution in [1.82, 2.24) is 9.88 Å². The number of urea groups is 1. The van der Waals surface area contributed by atoms with E-state index in [1.54, 1.807) is 29.2 Å². The van der Waals surface area contributed by atoms with Gasteiger partial charge in [0.25, 0.3) is 5.56 Å². The lowest BCUT2D eigenvalue weighted by Crippen LogP contribution is -2.40. The molecular weight excluding hydrogens is 430 g/mol. The molecule has 0 bridgehead atoms. The molecule has 32 heavy (non-hydrogen) atoms. The molecular formula is C24H26ClN3O4. The molecule has 0 radical (unpaired) electrons. The number of halogens is 1. The van der Waals surface area contributed by atoms with E-state index in [0.717, 1.165) is 24.0 Å². The summed E-state index contributed by atoms with van der Waals surface area (Å²) in [5, 5.41) is 4.15. The number of fused-ring (bicyclic) bond motifs is 1. The smallest absolute Gasteiger partial charge is 0.322 e. The van der Waals surface area contributed by atoms with Crippen molar-refractivity contribution in [2.45, 2.75) is 32.4 Å². The molecule has 1 fully saturated rings. The number of amides is 2. The molecule has 2 aromatic carbocycles. The average Bonchev–Trinajstić information content (AvgIpc) is 3.29. The van der Waals surface area contributed by atoms with E-state index in [9.17, 15) is 9.59 Å². The van der Waals surface area contributed by atoms with Crippen LogP contribution < -0.4 is 15.6 Å². The fourth-order valence-corrected chi connectivity index (χ4v) is 4.00. The second-order valence-corrected chi connectivity index (χ2v) is 8.14. The maximum Gasteiger partial charge on any atom is 0.322 e. The van der Waals surface area contributed by atoms with Crippen LogP contribution in [0.25, 0.3) is 10.9 Å². The highest BCUT2D eigenvalue weighted by Gasteiger charge is 2.24. The Bertz CT molecular complexity index is 1160. The van der Waals surface area contributed by atoms with Crippen molar-refractivity contribution >= 4 is 34.2 Å². The third kappa shape index (κ3) is 5.23. The zero-order valence-electron chi connectivity index (χ0n) is 17.9. The van der Waals surface area contributed by atoms with Crippen LogP contribution in [-0.4, -0.2) is 41.8 Å². The number of hydrogen-bond acceptors (Lipinski definition) is 4. The summed E-state index contributed by atoms with van der Waals surface area (Å²) in [5.41, 5.74) is 1.49. The predicted molar refractivity (Wildman–Crippen MR) is 126 cm³/mol. The molecule has 2 N–H and O–H groups in total. The molecule has 7 nitrogen and oxygen atoms in total. The molecule has 2 amide bonds. The molecule has 0 saturated carbocycles. The Labute approximate surface area is 191 Å². The van der Waals surface area contributed by atoms with Crippen molar-refractivity contribution in [3.63, 3.8) is 0 Å². The van der Waals surface area contributed by atoms with Crippen molar-refractivity contribution < 1.29 is 14.3 Å². The van der Waals surface area contributed by atoms with Crippen molar-refractivity contribution in [3.8, 4) is 5.75 Å². The minimum atomic E-state index is -0.337. The van der Waals surface area contributed by atoms with Crippen LogP contribution in [0.4, 0.5) is 10.5 Å². The Morgan fingerprint density at radius 3 is 2.88 bits per heavy atom. The van der Waals surface area contributed by atoms with E-state index in [1.165, 1.54) is 0 Å². The number of rotatable bonds is 7. The lowest BCUT2D eigenvalue weighted by Gasteiger charge is -2.26. The molecule has 1 atom stereocenters. The van der Waals surface area contributed by atoms with Crippen LogP contribution >= 0.6 is 11.6 Å². The Morgan fingerprint density at radius 1 is 1.28 bits per heavy atom. The number of carbonyl (C=O) groups excluding carboxylic acids is 1. The number of carbonyl (C=O) groups is 1. The summed E-state index contributed by atoms with van der Waals surface area (Å²) in [7, 11) is 0. The number of pyridine rings is 1. The number of para-hydroxylation sites is 1. The maximum absolute atomic E-state index is 13.1. The number of ether oxygens (including phenoxy) is 2. The first-order valence-corrected chi connectivity index (χ1v) is 11.1. The first kappa shape index (κ1) is 22.2. The van der Waals surface area contributed by atoms with Gasteiger partial charge in [-0.15, -0.1) is 0 Å². The third-order valence-electron chi connectivity index (χ3n) is 5.42. The van der Waals surface area contributed by atoms with Crippen molar-refractivity contribution in [3.05, 3.63) is 69.5 Å². The van der Waals surface area contributed by atoms with Crippen LogP contribution in [-0.2, 0) is 11.3 Å². The Balaban J connectivity index is 1.61. The van der Waals surface area contributed by atoms with E-state index in [-0.39, 0.29) is 24.2 Å². The standard InChI is InChI=1S/C24H26ClN3O4/c1-2-31-18-9-10-21-16(13-18)12-17(23(29)26-21)14-28(15-19-6-5-11-32-19)24(30)27-22-8-4-3-7-20(22)25/h3-4,7-10,12-13,19H,2,5-6,11,14-15H2,1H3,(H,26,29)(H,27,30)/t19-/m0/s1. The normalized spacial score (nSPS) is 15.6. The van der Waals surface area contributed by atoms with Crippen LogP contribution in [0.1, 0.15) is 25.3 Å². The van der Waals surface area contributed by atoms with Gasteiger partial charge >= 0.3 is 6.03 Å². The Kier molecular flexibility index (Phi) is 6.97. The lowest BCUT2D eigenvalue weighted by molar-refractivity contribution is 0.0818. The van der Waals surface area contributed by atoms with Gasteiger partial charge in [-0.2, -0.15) is 0 Å². The van der Waals surface area contributed by atoms with E-state index >= 15 is 0 Å². The summed E-state index contributed by atoms with van der Waals surface area (Å²) in [6, 6.07) is 14.0. The zero-order valence-corrected chi connectivity index (χ0v) is 18.7. The first-order valence-electron chi connectivity index (χ1n) is 10.7. The summed E-state index contributed by atoms with van der Waals surface area (Å²) in [4.78, 5) is 30.4. The summed E-state index contributed by atoms with van der Waals surface area (Å²) < 4.78 is 11.3. The van der Waals surface area contributed by atoms with Crippen molar-refractivity contribution in [2.75, 3.05) is 25.1 Å². The van der Waals surface area contributed by atoms with E-state index in [4.69, 9.17) is 21.1 Å². The van der Waals surface area contributed by atoms with Crippen LogP contribution in [0, 0.1) is 0 Å². The first-order chi connectivity index (χ1) is 15.5. The van der Waals surface area contributed by atoms with E-state index < -0.39 is 0 Å². The summed E-state index contributed by atoms with van der Waals surface area (Å²) in [6.07, 6.45) is 1.78. The second kappa shape index (κ2) is 10.1. The van der Waals surface area contributed by atoms with Gasteiger partial charge in [-0.1, -0.05) is 23.7 Å². The van der Waals surface area contributed by atoms with Gasteiger partial charge < -0.3 is 24.7 Å². The quantitative estimate of drug-likeness (QED) is 0.536. The maximum atomic E-state index is 13.1. The van der Waals surface area contributed by atoms with Gasteiger partial charge in [0.1, 0.15) is 5.75 Å². The van der Waals surface area contributed by atoms with Gasteiger partial charge in [-0.25, -0.2) is 4.79 Å². The monoisotopic (exact) mass is 455 g/mol. The largest absolute Gasteiger partial charge is 0.494 e. The molecule has 4 rings (SSSR count). The van der Waals surface area contributed by atoms with Crippen LogP contribution in [0.15, 0.2) is 53.3 Å². The van der Waals surface area contributed by atoms with Gasteiger partial charge in [-0.05, 0) is 56.2 Å². The summed E-state index contributed by atoms with van der Waals surface area (Å²) in [5.74, 6) is 0.727. The van der Waals surface area contributed by atoms with Crippen LogP contribution in [0.2, 0.25) is 5.02 Å². The van der Waals surface area contributed by atoms with E-state index in [2.05, 4.69) is 10.3 Å². The average molecular weight is 456 g/mol. The third-order valence-corrected chi connectivity index (χ3v) is 5.75. The van der Waals surface area contributed by atoms with Crippen molar-refractivity contribution in [1.29, 1.82) is 0 Å². The van der Waals surface area contributed by atoms with Crippen LogP contribution in [0.5, 0.6) is 5.75 Å². The highest BCUT2D eigenvalue weighted by Crippen LogP contribution is 2.23. The fourth-order valence-electron chi connectivity index (χ4n) is 3.82. The molecule has 8 heteroatoms. The van der Waals surface area contributed by atoms with Gasteiger partial charge in [0.2, 0.25) is 0 Å². The number of aromatic nitrogens is 1. The lowest BCUT2D eigenvalue weighted by atomic mass is 10.1. The topological polar surface area (TPSA) is 83.7 Å². The number of anilines is 1. The molecule has 0 spiro atoms. The summed E-state index contributed by atoms with van der Waals surface area (Å²) >= 11 is 6.21. The number of aromatic amines is 1. The van der Waals surface area contributed by atoms with Gasteiger partial charge in [0.15, 0.2) is 0 Å². The van der Waals surface area contributed by atoms with Gasteiger partial charge in [-0.3, -0.25) is 4.79 Å². The minimum Gasteiger partial charge on any atom is -0.494 e. The predicted octanol–water partition coefficient (Wildman–Crippen LogP) is 4.79. The van der Waals surface area contributed by atoms with E-state index in [0.29, 0.717) is 41.5 Å². The van der Waals surface area contributed by atoms with Crippen molar-refractivity contribution in [2.24, 2.45) is 0 Å². The van der Waals surface area contributed by atoms with Crippen LogP contribution in [0.3, 0.4) is 0 Å². The summed E-state index contributed by atoms with van der Waals surface area (Å²) in [6.45, 7) is 3.68. The molecule has 0 aliphatic carbocycles. The minimum absolute atomic E-state index is 0.0592. The second-order valence-electron chi connectivity index (χ2n) is 7.73. The Hall–Kier alpha value is -3.03. The molecule has 2 heterocycles. The molecule has 1 aliphatic rings. The highest BCUT2D eigenvalue weighted by atomic mass is 35.5. The molecule has 168 valence electrons. The molecule has 0 unspecified atom stereocenters. The number of H-pyrrole nitrogens is 1. The zero-order chi connectivity index (χ0) is 22.5. The molecule has 1 saturated heterocycles. The molecule has 3 aromatic rings. The SMILES string of the molecule is CCOc1ccc2[nH]c(=O)c(CN(C[C@@H]3CCCO3)C(=O)Nc3ccccc3Cl)cc2c1. The highest BCUT2D eigenvalue weighted by molar-refractivity contribution is 6.33.